The summed E-state index contributed by atoms with van der Waals surface area (Å²) in [5.74, 6) is -0.124. The van der Waals surface area contributed by atoms with Crippen molar-refractivity contribution in [1.29, 1.82) is 0 Å². The van der Waals surface area contributed by atoms with Gasteiger partial charge in [0, 0.05) is 40.2 Å². The van der Waals surface area contributed by atoms with Gasteiger partial charge >= 0.3 is 0 Å². The molecule has 0 aliphatic heterocycles. The van der Waals surface area contributed by atoms with Crippen LogP contribution in [-0.4, -0.2) is 36.8 Å². The van der Waals surface area contributed by atoms with Crippen molar-refractivity contribution in [3.63, 3.8) is 0 Å². The van der Waals surface area contributed by atoms with Crippen LogP contribution in [0.4, 0.5) is 5.69 Å². The van der Waals surface area contributed by atoms with Crippen molar-refractivity contribution in [2.45, 2.75) is 20.8 Å². The number of nitrogens with zero attached hydrogens (tertiary/aromatic N) is 3. The first-order chi connectivity index (χ1) is 18.4. The van der Waals surface area contributed by atoms with Crippen LogP contribution in [0.25, 0.3) is 54.9 Å². The number of anilines is 1. The first kappa shape index (κ1) is 23.7. The third-order valence-corrected chi connectivity index (χ3v) is 7.61. The summed E-state index contributed by atoms with van der Waals surface area (Å²) in [4.78, 5) is 38.0. The Balaban J connectivity index is 1.40. The molecule has 0 saturated heterocycles. The second-order valence-electron chi connectivity index (χ2n) is 9.46. The lowest BCUT2D eigenvalue weighted by molar-refractivity contribution is -0.118. The van der Waals surface area contributed by atoms with Crippen molar-refractivity contribution in [3.05, 3.63) is 72.0 Å². The van der Waals surface area contributed by atoms with Gasteiger partial charge in [-0.25, -0.2) is 0 Å². The number of rotatable bonds is 6. The van der Waals surface area contributed by atoms with Gasteiger partial charge in [-0.05, 0) is 55.0 Å². The topological polar surface area (TPSA) is 116 Å². The number of hydrogen-bond acceptors (Lipinski definition) is 6. The van der Waals surface area contributed by atoms with Crippen molar-refractivity contribution in [1.82, 2.24) is 25.1 Å². The van der Waals surface area contributed by atoms with Crippen molar-refractivity contribution in [2.75, 3.05) is 5.32 Å². The summed E-state index contributed by atoms with van der Waals surface area (Å²) in [5, 5.41) is 12.6. The number of carbonyl (C=O) groups excluding carboxylic acids is 2. The predicted molar refractivity (Wildman–Crippen MR) is 151 cm³/mol. The number of nitrogens with one attached hydrogen (secondary N) is 3. The maximum absolute atomic E-state index is 12.1. The van der Waals surface area contributed by atoms with Gasteiger partial charge in [0.15, 0.2) is 5.78 Å². The fourth-order valence-corrected chi connectivity index (χ4v) is 5.30. The van der Waals surface area contributed by atoms with E-state index < -0.39 is 0 Å². The zero-order valence-corrected chi connectivity index (χ0v) is 21.8. The van der Waals surface area contributed by atoms with Gasteiger partial charge in [-0.15, -0.1) is 11.3 Å². The second-order valence-corrected chi connectivity index (χ2v) is 10.5. The Hall–Kier alpha value is -4.63. The maximum atomic E-state index is 12.1. The van der Waals surface area contributed by atoms with Crippen molar-refractivity contribution >= 4 is 50.5 Å². The molecular weight excluding hydrogens is 496 g/mol. The average Bonchev–Trinajstić information content (AvgIpc) is 3.66. The highest BCUT2D eigenvalue weighted by atomic mass is 32.1. The lowest BCUT2D eigenvalue weighted by atomic mass is 10.0. The third kappa shape index (κ3) is 4.26. The van der Waals surface area contributed by atoms with E-state index in [2.05, 4.69) is 42.6 Å². The minimum absolute atomic E-state index is 0.0463. The Bertz CT molecular complexity index is 1840. The van der Waals surface area contributed by atoms with E-state index in [1.807, 2.05) is 50.2 Å². The number of ketones is 1. The predicted octanol–water partition coefficient (Wildman–Crippen LogP) is 6.69. The standard InChI is InChI=1S/C29H24N6O2S/c1-15(2)29(37)32-19-10-18(13-30-14-19)17-4-5-23-20(11-17)27(35-34-23)24-12-21-22(33-24)8-9-31-28(21)26-7-6-25(38-26)16(3)36/h4-15,33H,1-3H3,(H,32,37)(H,34,35). The van der Waals surface area contributed by atoms with Gasteiger partial charge in [-0.3, -0.25) is 24.7 Å². The van der Waals surface area contributed by atoms with Gasteiger partial charge in [-0.1, -0.05) is 19.9 Å². The van der Waals surface area contributed by atoms with E-state index in [0.29, 0.717) is 10.6 Å². The molecule has 188 valence electrons. The molecule has 8 nitrogen and oxygen atoms in total. The summed E-state index contributed by atoms with van der Waals surface area (Å²) in [6.07, 6.45) is 5.20. The quantitative estimate of drug-likeness (QED) is 0.211. The lowest BCUT2D eigenvalue weighted by Crippen LogP contribution is -2.17. The van der Waals surface area contributed by atoms with E-state index >= 15 is 0 Å². The van der Waals surface area contributed by atoms with E-state index in [-0.39, 0.29) is 17.6 Å². The molecule has 0 unspecified atom stereocenters. The molecule has 3 N–H and O–H groups in total. The lowest BCUT2D eigenvalue weighted by Gasteiger charge is -2.09. The molecule has 6 rings (SSSR count). The molecule has 5 aromatic heterocycles. The van der Waals surface area contributed by atoms with Gasteiger partial charge in [0.2, 0.25) is 5.91 Å². The minimum atomic E-state index is -0.119. The number of thiophene rings is 1. The number of amides is 1. The van der Waals surface area contributed by atoms with Crippen LogP contribution in [0.3, 0.4) is 0 Å². The fourth-order valence-electron chi connectivity index (χ4n) is 4.38. The largest absolute Gasteiger partial charge is 0.353 e. The average molecular weight is 521 g/mol. The number of aromatic nitrogens is 5. The highest BCUT2D eigenvalue weighted by Crippen LogP contribution is 2.36. The number of pyridine rings is 2. The Morgan fingerprint density at radius 2 is 1.76 bits per heavy atom. The molecule has 0 aliphatic rings. The van der Waals surface area contributed by atoms with E-state index in [4.69, 9.17) is 0 Å². The highest BCUT2D eigenvalue weighted by Gasteiger charge is 2.17. The summed E-state index contributed by atoms with van der Waals surface area (Å²) in [5.41, 5.74) is 6.83. The number of hydrogen-bond donors (Lipinski definition) is 3. The minimum Gasteiger partial charge on any atom is -0.353 e. The van der Waals surface area contributed by atoms with Gasteiger partial charge in [0.25, 0.3) is 0 Å². The molecule has 0 fully saturated rings. The van der Waals surface area contributed by atoms with Gasteiger partial charge in [-0.2, -0.15) is 5.10 Å². The van der Waals surface area contributed by atoms with Crippen LogP contribution in [0.1, 0.15) is 30.4 Å². The summed E-state index contributed by atoms with van der Waals surface area (Å²) >= 11 is 1.44. The summed E-state index contributed by atoms with van der Waals surface area (Å²) in [6, 6.07) is 15.8. The Labute approximate surface area is 222 Å². The number of aromatic amines is 2. The van der Waals surface area contributed by atoms with E-state index in [1.165, 1.54) is 11.3 Å². The molecule has 0 bridgehead atoms. The van der Waals surface area contributed by atoms with Crippen LogP contribution in [0.5, 0.6) is 0 Å². The monoisotopic (exact) mass is 520 g/mol. The second kappa shape index (κ2) is 9.35. The molecule has 1 aromatic carbocycles. The SMILES string of the molecule is CC(=O)c1ccc(-c2nccc3[nH]c(-c4n[nH]c5ccc(-c6cncc(NC(=O)C(C)C)c6)cc45)cc23)s1. The normalized spacial score (nSPS) is 11.5. The van der Waals surface area contributed by atoms with Crippen LogP contribution in [0.15, 0.2) is 67.1 Å². The third-order valence-electron chi connectivity index (χ3n) is 6.42. The summed E-state index contributed by atoms with van der Waals surface area (Å²) in [6.45, 7) is 5.28. The number of H-pyrrole nitrogens is 2. The van der Waals surface area contributed by atoms with E-state index in [1.54, 1.807) is 25.5 Å². The molecule has 0 spiro atoms. The molecule has 5 heterocycles. The molecular formula is C29H24N6O2S. The zero-order chi connectivity index (χ0) is 26.4. The number of carbonyl (C=O) groups is 2. The van der Waals surface area contributed by atoms with Crippen molar-refractivity contribution in [3.8, 4) is 33.1 Å². The van der Waals surface area contributed by atoms with Crippen LogP contribution in [-0.2, 0) is 4.79 Å². The van der Waals surface area contributed by atoms with Gasteiger partial charge < -0.3 is 10.3 Å². The Kier molecular flexibility index (Phi) is 5.84. The van der Waals surface area contributed by atoms with E-state index in [9.17, 15) is 9.59 Å². The Morgan fingerprint density at radius 1 is 0.921 bits per heavy atom. The van der Waals surface area contributed by atoms with Crippen molar-refractivity contribution < 1.29 is 9.59 Å². The number of fused-ring (bicyclic) bond motifs is 2. The summed E-state index contributed by atoms with van der Waals surface area (Å²) < 4.78 is 0. The molecule has 9 heteroatoms. The van der Waals surface area contributed by atoms with Gasteiger partial charge in [0.1, 0.15) is 5.69 Å². The van der Waals surface area contributed by atoms with Crippen LogP contribution in [0, 0.1) is 5.92 Å². The fraction of sp³-hybridized carbons (Fsp3) is 0.138. The molecule has 1 amide bonds. The first-order valence-corrected chi connectivity index (χ1v) is 13.0. The van der Waals surface area contributed by atoms with Crippen LogP contribution >= 0.6 is 11.3 Å². The maximum Gasteiger partial charge on any atom is 0.226 e. The molecule has 0 radical (unpaired) electrons. The Morgan fingerprint density at radius 3 is 2.55 bits per heavy atom. The molecule has 0 saturated carbocycles. The van der Waals surface area contributed by atoms with Gasteiger partial charge in [0.05, 0.1) is 38.5 Å². The smallest absolute Gasteiger partial charge is 0.226 e. The first-order valence-electron chi connectivity index (χ1n) is 12.2. The zero-order valence-electron chi connectivity index (χ0n) is 21.0. The molecule has 6 aromatic rings. The molecule has 38 heavy (non-hydrogen) atoms. The van der Waals surface area contributed by atoms with Crippen LogP contribution < -0.4 is 5.32 Å². The summed E-state index contributed by atoms with van der Waals surface area (Å²) in [7, 11) is 0. The van der Waals surface area contributed by atoms with E-state index in [0.717, 1.165) is 54.9 Å². The number of Topliss-reactive ketones (excluding diaryl/α,β-unsaturated/α-hetero) is 1. The van der Waals surface area contributed by atoms with Crippen molar-refractivity contribution in [2.24, 2.45) is 5.92 Å². The number of benzene rings is 1. The van der Waals surface area contributed by atoms with Crippen LogP contribution in [0.2, 0.25) is 0 Å². The molecule has 0 atom stereocenters. The highest BCUT2D eigenvalue weighted by molar-refractivity contribution is 7.17. The molecule has 0 aliphatic carbocycles.